The van der Waals surface area contributed by atoms with Crippen LogP contribution >= 0.6 is 0 Å². The Balaban J connectivity index is 1.37. The highest BCUT2D eigenvalue weighted by Crippen LogP contribution is 2.22. The van der Waals surface area contributed by atoms with E-state index in [1.54, 1.807) is 18.2 Å². The van der Waals surface area contributed by atoms with Crippen molar-refractivity contribution in [3.8, 4) is 0 Å². The van der Waals surface area contributed by atoms with Gasteiger partial charge in [-0.15, -0.1) is 0 Å². The molecule has 0 radical (unpaired) electrons. The van der Waals surface area contributed by atoms with Crippen LogP contribution in [0.1, 0.15) is 46.3 Å². The Bertz CT molecular complexity index is 1250. The second kappa shape index (κ2) is 10.4. The number of hydrogen-bond acceptors (Lipinski definition) is 4. The number of carbonyl (C=O) groups excluding carboxylic acids is 1. The molecule has 34 heavy (non-hydrogen) atoms. The molecule has 1 amide bonds. The van der Waals surface area contributed by atoms with Gasteiger partial charge in [0.25, 0.3) is 15.9 Å². The summed E-state index contributed by atoms with van der Waals surface area (Å²) in [5.74, 6) is -0.228. The van der Waals surface area contributed by atoms with E-state index in [9.17, 15) is 13.2 Å². The van der Waals surface area contributed by atoms with Crippen molar-refractivity contribution in [3.63, 3.8) is 0 Å². The van der Waals surface area contributed by atoms with E-state index in [-0.39, 0.29) is 10.8 Å². The fraction of sp³-hybridized carbons (Fsp3) is 0.296. The Morgan fingerprint density at radius 2 is 1.56 bits per heavy atom. The van der Waals surface area contributed by atoms with Crippen molar-refractivity contribution < 1.29 is 13.2 Å². The zero-order chi connectivity index (χ0) is 24.1. The maximum Gasteiger partial charge on any atom is 0.261 e. The van der Waals surface area contributed by atoms with E-state index in [1.807, 2.05) is 50.2 Å². The van der Waals surface area contributed by atoms with Crippen LogP contribution in [0.4, 0.5) is 11.4 Å². The van der Waals surface area contributed by atoms with E-state index in [1.165, 1.54) is 37.0 Å². The van der Waals surface area contributed by atoms with Crippen molar-refractivity contribution in [1.82, 2.24) is 4.90 Å². The number of rotatable bonds is 7. The van der Waals surface area contributed by atoms with Gasteiger partial charge < -0.3 is 5.32 Å². The number of aryl methyl sites for hydroxylation is 2. The van der Waals surface area contributed by atoms with Gasteiger partial charge in [0, 0.05) is 17.8 Å². The van der Waals surface area contributed by atoms with E-state index < -0.39 is 10.0 Å². The third-order valence-corrected chi connectivity index (χ3v) is 7.50. The molecule has 0 atom stereocenters. The Hall–Kier alpha value is -3.16. The molecule has 0 spiro atoms. The summed E-state index contributed by atoms with van der Waals surface area (Å²) in [7, 11) is -3.73. The lowest BCUT2D eigenvalue weighted by Gasteiger charge is -2.26. The molecule has 1 aliphatic rings. The van der Waals surface area contributed by atoms with Gasteiger partial charge in [-0.05, 0) is 93.4 Å². The van der Waals surface area contributed by atoms with Crippen LogP contribution < -0.4 is 10.0 Å². The van der Waals surface area contributed by atoms with Gasteiger partial charge >= 0.3 is 0 Å². The zero-order valence-corrected chi connectivity index (χ0v) is 20.5. The molecule has 1 heterocycles. The third-order valence-electron chi connectivity index (χ3n) is 6.12. The van der Waals surface area contributed by atoms with Crippen molar-refractivity contribution >= 4 is 27.3 Å². The van der Waals surface area contributed by atoms with E-state index >= 15 is 0 Å². The number of benzene rings is 3. The fourth-order valence-electron chi connectivity index (χ4n) is 4.19. The van der Waals surface area contributed by atoms with Crippen LogP contribution in [0.3, 0.4) is 0 Å². The maximum atomic E-state index is 12.8. The summed E-state index contributed by atoms with van der Waals surface area (Å²) in [4.78, 5) is 15.2. The third kappa shape index (κ3) is 6.04. The highest BCUT2D eigenvalue weighted by molar-refractivity contribution is 7.92. The second-order valence-electron chi connectivity index (χ2n) is 8.94. The molecule has 0 aromatic heterocycles. The second-order valence-corrected chi connectivity index (χ2v) is 10.6. The predicted molar refractivity (Wildman–Crippen MR) is 137 cm³/mol. The van der Waals surface area contributed by atoms with Crippen LogP contribution in [-0.2, 0) is 16.6 Å². The largest absolute Gasteiger partial charge is 0.322 e. The van der Waals surface area contributed by atoms with Crippen LogP contribution in [0.5, 0.6) is 0 Å². The molecular formula is C27H31N3O3S. The van der Waals surface area contributed by atoms with Gasteiger partial charge in [-0.2, -0.15) is 0 Å². The Labute approximate surface area is 202 Å². The highest BCUT2D eigenvalue weighted by Gasteiger charge is 2.16. The van der Waals surface area contributed by atoms with Crippen LogP contribution in [0.25, 0.3) is 0 Å². The smallest absolute Gasteiger partial charge is 0.261 e. The number of amides is 1. The van der Waals surface area contributed by atoms with Gasteiger partial charge in [-0.25, -0.2) is 8.42 Å². The summed E-state index contributed by atoms with van der Waals surface area (Å²) in [6.45, 7) is 7.00. The summed E-state index contributed by atoms with van der Waals surface area (Å²) >= 11 is 0. The summed E-state index contributed by atoms with van der Waals surface area (Å²) < 4.78 is 28.2. The van der Waals surface area contributed by atoms with Crippen molar-refractivity contribution in [2.75, 3.05) is 23.1 Å². The molecule has 0 saturated carbocycles. The van der Waals surface area contributed by atoms with Crippen molar-refractivity contribution in [2.24, 2.45) is 0 Å². The highest BCUT2D eigenvalue weighted by atomic mass is 32.2. The zero-order valence-electron chi connectivity index (χ0n) is 19.7. The van der Waals surface area contributed by atoms with E-state index in [2.05, 4.69) is 14.9 Å². The quantitative estimate of drug-likeness (QED) is 0.481. The van der Waals surface area contributed by atoms with Gasteiger partial charge in [-0.1, -0.05) is 36.2 Å². The molecule has 0 unspecified atom stereocenters. The summed E-state index contributed by atoms with van der Waals surface area (Å²) in [5.41, 5.74) is 4.77. The molecule has 1 saturated heterocycles. The molecule has 1 aliphatic heterocycles. The van der Waals surface area contributed by atoms with E-state index in [0.29, 0.717) is 16.9 Å². The predicted octanol–water partition coefficient (Wildman–Crippen LogP) is 5.34. The van der Waals surface area contributed by atoms with Gasteiger partial charge in [0.1, 0.15) is 0 Å². The molecule has 6 nitrogen and oxygen atoms in total. The Morgan fingerprint density at radius 1 is 0.882 bits per heavy atom. The van der Waals surface area contributed by atoms with Crippen molar-refractivity contribution in [3.05, 3.63) is 89.0 Å². The normalized spacial score (nSPS) is 14.5. The Kier molecular flexibility index (Phi) is 7.34. The lowest BCUT2D eigenvalue weighted by Crippen LogP contribution is -2.29. The fourth-order valence-corrected chi connectivity index (χ4v) is 5.32. The van der Waals surface area contributed by atoms with E-state index in [0.717, 1.165) is 30.8 Å². The van der Waals surface area contributed by atoms with Crippen molar-refractivity contribution in [2.45, 2.75) is 44.6 Å². The molecule has 178 valence electrons. The van der Waals surface area contributed by atoms with Gasteiger partial charge in [0.05, 0.1) is 10.6 Å². The summed E-state index contributed by atoms with van der Waals surface area (Å²) in [5, 5.41) is 2.84. The first-order valence-corrected chi connectivity index (χ1v) is 13.1. The van der Waals surface area contributed by atoms with Crippen LogP contribution in [0.15, 0.2) is 71.6 Å². The van der Waals surface area contributed by atoms with Gasteiger partial charge in [0.15, 0.2) is 0 Å². The number of nitrogens with one attached hydrogen (secondary N) is 2. The number of anilines is 2. The average Bonchev–Trinajstić information content (AvgIpc) is 2.82. The average molecular weight is 478 g/mol. The molecule has 0 bridgehead atoms. The van der Waals surface area contributed by atoms with Crippen LogP contribution in [0.2, 0.25) is 0 Å². The molecule has 4 rings (SSSR count). The SMILES string of the molecule is Cc1ccc(NS(=O)(=O)c2ccc(NC(=O)c3ccc(CN4CCCCC4)cc3)cc2)c(C)c1. The van der Waals surface area contributed by atoms with Crippen LogP contribution in [0, 0.1) is 13.8 Å². The van der Waals surface area contributed by atoms with E-state index in [4.69, 9.17) is 0 Å². The standard InChI is InChI=1S/C27H31N3O3S/c1-20-6-15-26(21(2)18-20)29-34(32,33)25-13-11-24(12-14-25)28-27(31)23-9-7-22(8-10-23)19-30-16-4-3-5-17-30/h6-15,18,29H,3-5,16-17,19H2,1-2H3,(H,28,31). The monoisotopic (exact) mass is 477 g/mol. The first-order chi connectivity index (χ1) is 16.3. The number of hydrogen-bond donors (Lipinski definition) is 2. The van der Waals surface area contributed by atoms with Crippen LogP contribution in [-0.4, -0.2) is 32.3 Å². The minimum absolute atomic E-state index is 0.132. The molecule has 3 aromatic carbocycles. The van der Waals surface area contributed by atoms with Gasteiger partial charge in [-0.3, -0.25) is 14.4 Å². The number of nitrogens with zero attached hydrogens (tertiary/aromatic N) is 1. The molecule has 3 aromatic rings. The molecule has 2 N–H and O–H groups in total. The summed E-state index contributed by atoms with van der Waals surface area (Å²) in [6.07, 6.45) is 3.82. The molecular weight excluding hydrogens is 446 g/mol. The number of sulfonamides is 1. The first kappa shape index (κ1) is 24.0. The number of piperidine rings is 1. The minimum atomic E-state index is -3.73. The van der Waals surface area contributed by atoms with Gasteiger partial charge in [0.2, 0.25) is 0 Å². The maximum absolute atomic E-state index is 12.8. The topological polar surface area (TPSA) is 78.5 Å². The number of likely N-dealkylation sites (tertiary alicyclic amines) is 1. The number of carbonyl (C=O) groups is 1. The molecule has 1 fully saturated rings. The molecule has 7 heteroatoms. The Morgan fingerprint density at radius 3 is 2.21 bits per heavy atom. The van der Waals surface area contributed by atoms with Crippen molar-refractivity contribution in [1.29, 1.82) is 0 Å². The minimum Gasteiger partial charge on any atom is -0.322 e. The molecule has 0 aliphatic carbocycles. The lowest BCUT2D eigenvalue weighted by molar-refractivity contribution is 0.102. The lowest BCUT2D eigenvalue weighted by atomic mass is 10.1. The first-order valence-electron chi connectivity index (χ1n) is 11.6. The summed E-state index contributed by atoms with van der Waals surface area (Å²) in [6, 6.07) is 19.4.